The second-order valence-corrected chi connectivity index (χ2v) is 5.35. The van der Waals surface area contributed by atoms with Crippen LogP contribution >= 0.6 is 23.1 Å². The Bertz CT molecular complexity index is 278. The van der Waals surface area contributed by atoms with Crippen molar-refractivity contribution in [2.24, 2.45) is 0 Å². The van der Waals surface area contributed by atoms with E-state index in [0.29, 0.717) is 0 Å². The lowest BCUT2D eigenvalue weighted by atomic mass is 10.1. The van der Waals surface area contributed by atoms with Crippen LogP contribution in [0.1, 0.15) is 11.8 Å². The van der Waals surface area contributed by atoms with Crippen molar-refractivity contribution in [3.63, 3.8) is 0 Å². The summed E-state index contributed by atoms with van der Waals surface area (Å²) >= 11 is 3.44. The second kappa shape index (κ2) is 4.61. The molecule has 2 rings (SSSR count). The lowest BCUT2D eigenvalue weighted by Crippen LogP contribution is -2.43. The molecule has 1 fully saturated rings. The summed E-state index contributed by atoms with van der Waals surface area (Å²) in [6.45, 7) is 1.05. The molecule has 1 aliphatic rings. The highest BCUT2D eigenvalue weighted by Gasteiger charge is 2.28. The third-order valence-corrected chi connectivity index (χ3v) is 4.22. The Kier molecular flexibility index (Phi) is 3.43. The number of aromatic nitrogens is 1. The zero-order valence-corrected chi connectivity index (χ0v) is 9.72. The lowest BCUT2D eigenvalue weighted by molar-refractivity contribution is 0.0731. The summed E-state index contributed by atoms with van der Waals surface area (Å²) in [6, 6.07) is 0.218. The van der Waals surface area contributed by atoms with E-state index in [2.05, 4.69) is 16.9 Å². The molecule has 5 heteroatoms. The van der Waals surface area contributed by atoms with Gasteiger partial charge in [0.1, 0.15) is 6.10 Å². The topological polar surface area (TPSA) is 36.4 Å². The van der Waals surface area contributed by atoms with E-state index in [4.69, 9.17) is 0 Å². The average Bonchev–Trinajstić information content (AvgIpc) is 2.70. The van der Waals surface area contributed by atoms with Crippen LogP contribution in [0.5, 0.6) is 0 Å². The molecular weight excluding hydrogens is 216 g/mol. The fourth-order valence-electron chi connectivity index (χ4n) is 1.60. The maximum Gasteiger partial charge on any atom is 0.113 e. The quantitative estimate of drug-likeness (QED) is 0.829. The summed E-state index contributed by atoms with van der Waals surface area (Å²) in [4.78, 5) is 6.38. The molecule has 0 aliphatic carbocycles. The third-order valence-electron chi connectivity index (χ3n) is 2.56. The summed E-state index contributed by atoms with van der Waals surface area (Å²) in [6.07, 6.45) is -0.431. The maximum atomic E-state index is 10.1. The highest BCUT2D eigenvalue weighted by atomic mass is 32.2. The van der Waals surface area contributed by atoms with Crippen molar-refractivity contribution in [1.29, 1.82) is 0 Å². The maximum absolute atomic E-state index is 10.1. The van der Waals surface area contributed by atoms with E-state index < -0.39 is 6.10 Å². The first-order valence-corrected chi connectivity index (χ1v) is 6.73. The Hall–Kier alpha value is -0.100. The Morgan fingerprint density at radius 3 is 3.21 bits per heavy atom. The first kappa shape index (κ1) is 10.4. The molecule has 78 valence electrons. The molecule has 0 amide bonds. The number of hydrogen-bond donors (Lipinski definition) is 1. The molecule has 0 spiro atoms. The Morgan fingerprint density at radius 1 is 1.71 bits per heavy atom. The van der Waals surface area contributed by atoms with Crippen LogP contribution in [0.3, 0.4) is 0 Å². The van der Waals surface area contributed by atoms with Crippen molar-refractivity contribution in [2.45, 2.75) is 12.1 Å². The average molecular weight is 230 g/mol. The number of aliphatic hydroxyl groups excluding tert-OH is 1. The third kappa shape index (κ3) is 2.11. The van der Waals surface area contributed by atoms with Crippen molar-refractivity contribution >= 4 is 23.1 Å². The van der Waals surface area contributed by atoms with Crippen molar-refractivity contribution in [1.82, 2.24) is 9.88 Å². The molecule has 1 N–H and O–H groups in total. The minimum absolute atomic E-state index is 0.218. The largest absolute Gasteiger partial charge is 0.385 e. The monoisotopic (exact) mass is 230 g/mol. The van der Waals surface area contributed by atoms with Gasteiger partial charge in [0, 0.05) is 23.4 Å². The van der Waals surface area contributed by atoms with Crippen molar-refractivity contribution in [3.05, 3.63) is 16.6 Å². The summed E-state index contributed by atoms with van der Waals surface area (Å²) in [5, 5.41) is 12.0. The van der Waals surface area contributed by atoms with Gasteiger partial charge in [0.15, 0.2) is 0 Å². The molecule has 1 aromatic heterocycles. The van der Waals surface area contributed by atoms with Gasteiger partial charge in [-0.1, -0.05) is 0 Å². The first-order chi connectivity index (χ1) is 6.79. The molecule has 0 aromatic carbocycles. The molecule has 1 saturated heterocycles. The van der Waals surface area contributed by atoms with Crippen LogP contribution in [0, 0.1) is 0 Å². The number of aliphatic hydroxyl groups is 1. The molecule has 1 aromatic rings. The lowest BCUT2D eigenvalue weighted by Gasteiger charge is -2.34. The SMILES string of the molecule is CN1CCSCC1C(O)c1cscn1. The molecule has 3 nitrogen and oxygen atoms in total. The second-order valence-electron chi connectivity index (χ2n) is 3.48. The standard InChI is InChI=1S/C9H14N2OS2/c1-11-2-3-13-5-8(11)9(12)7-4-14-6-10-7/h4,6,8-9,12H,2-3,5H2,1H3. The molecule has 2 unspecified atom stereocenters. The number of nitrogens with zero attached hydrogens (tertiary/aromatic N) is 2. The van der Waals surface area contributed by atoms with Crippen LogP contribution in [-0.4, -0.2) is 46.1 Å². The van der Waals surface area contributed by atoms with Gasteiger partial charge in [-0.05, 0) is 7.05 Å². The Balaban J connectivity index is 2.06. The summed E-state index contributed by atoms with van der Waals surface area (Å²) < 4.78 is 0. The van der Waals surface area contributed by atoms with Gasteiger partial charge in [-0.25, -0.2) is 4.98 Å². The van der Waals surface area contributed by atoms with Gasteiger partial charge in [-0.15, -0.1) is 11.3 Å². The zero-order chi connectivity index (χ0) is 9.97. The number of likely N-dealkylation sites (N-methyl/N-ethyl adjacent to an activating group) is 1. The van der Waals surface area contributed by atoms with E-state index in [-0.39, 0.29) is 6.04 Å². The molecule has 0 saturated carbocycles. The molecular formula is C9H14N2OS2. The van der Waals surface area contributed by atoms with E-state index in [1.54, 1.807) is 5.51 Å². The van der Waals surface area contributed by atoms with E-state index in [0.717, 1.165) is 23.7 Å². The summed E-state index contributed by atoms with van der Waals surface area (Å²) in [7, 11) is 2.07. The van der Waals surface area contributed by atoms with Crippen LogP contribution in [0.4, 0.5) is 0 Å². The smallest absolute Gasteiger partial charge is 0.113 e. The van der Waals surface area contributed by atoms with Gasteiger partial charge in [-0.3, -0.25) is 4.90 Å². The van der Waals surface area contributed by atoms with Crippen LogP contribution in [0.15, 0.2) is 10.9 Å². The van der Waals surface area contributed by atoms with E-state index >= 15 is 0 Å². The van der Waals surface area contributed by atoms with Crippen LogP contribution in [0.25, 0.3) is 0 Å². The molecule has 0 radical (unpaired) electrons. The highest BCUT2D eigenvalue weighted by Crippen LogP contribution is 2.26. The fraction of sp³-hybridized carbons (Fsp3) is 0.667. The minimum Gasteiger partial charge on any atom is -0.385 e. The van der Waals surface area contributed by atoms with Gasteiger partial charge in [0.2, 0.25) is 0 Å². The van der Waals surface area contributed by atoms with Crippen LogP contribution in [-0.2, 0) is 0 Å². The predicted octanol–water partition coefficient (Wildman–Crippen LogP) is 1.22. The molecule has 2 heterocycles. The van der Waals surface area contributed by atoms with Crippen molar-refractivity contribution < 1.29 is 5.11 Å². The Morgan fingerprint density at radius 2 is 2.57 bits per heavy atom. The normalized spacial score (nSPS) is 26.3. The number of thioether (sulfide) groups is 1. The molecule has 1 aliphatic heterocycles. The van der Waals surface area contributed by atoms with Crippen molar-refractivity contribution in [3.8, 4) is 0 Å². The summed E-state index contributed by atoms with van der Waals surface area (Å²) in [5.41, 5.74) is 2.59. The molecule has 0 bridgehead atoms. The molecule has 2 atom stereocenters. The predicted molar refractivity (Wildman–Crippen MR) is 60.8 cm³/mol. The van der Waals surface area contributed by atoms with Gasteiger partial charge >= 0.3 is 0 Å². The number of rotatable bonds is 2. The van der Waals surface area contributed by atoms with Crippen LogP contribution < -0.4 is 0 Å². The number of hydrogen-bond acceptors (Lipinski definition) is 5. The molecule has 14 heavy (non-hydrogen) atoms. The van der Waals surface area contributed by atoms with Crippen molar-refractivity contribution in [2.75, 3.05) is 25.1 Å². The Labute approximate surface area is 92.2 Å². The minimum atomic E-state index is -0.431. The van der Waals surface area contributed by atoms with E-state index in [1.807, 2.05) is 17.1 Å². The van der Waals surface area contributed by atoms with E-state index in [1.165, 1.54) is 11.3 Å². The van der Waals surface area contributed by atoms with Gasteiger partial charge in [0.25, 0.3) is 0 Å². The zero-order valence-electron chi connectivity index (χ0n) is 8.09. The highest BCUT2D eigenvalue weighted by molar-refractivity contribution is 7.99. The van der Waals surface area contributed by atoms with Gasteiger partial charge in [-0.2, -0.15) is 11.8 Å². The summed E-state index contributed by atoms with van der Waals surface area (Å²) in [5.74, 6) is 2.16. The number of thiazole rings is 1. The van der Waals surface area contributed by atoms with Gasteiger partial charge in [0.05, 0.1) is 17.2 Å². The van der Waals surface area contributed by atoms with E-state index in [9.17, 15) is 5.11 Å². The van der Waals surface area contributed by atoms with Crippen LogP contribution in [0.2, 0.25) is 0 Å². The first-order valence-electron chi connectivity index (χ1n) is 4.63. The van der Waals surface area contributed by atoms with Gasteiger partial charge < -0.3 is 5.11 Å². The fourth-order valence-corrected chi connectivity index (χ4v) is 3.45.